The van der Waals surface area contributed by atoms with Crippen LogP contribution in [0.1, 0.15) is 0 Å². The fourth-order valence-electron chi connectivity index (χ4n) is 1.66. The Morgan fingerprint density at radius 1 is 1.39 bits per heavy atom. The summed E-state index contributed by atoms with van der Waals surface area (Å²) in [6.45, 7) is 1.42. The third-order valence-electron chi connectivity index (χ3n) is 2.45. The number of anilines is 1. The summed E-state index contributed by atoms with van der Waals surface area (Å²) in [5, 5.41) is 7.48. The Kier molecular flexibility index (Phi) is 2.81. The van der Waals surface area contributed by atoms with Gasteiger partial charge in [0.1, 0.15) is 5.52 Å². The zero-order valence-electron chi connectivity index (χ0n) is 9.34. The molecule has 2 N–H and O–H groups in total. The third kappa shape index (κ3) is 2.12. The van der Waals surface area contributed by atoms with Crippen LogP contribution in [-0.4, -0.2) is 36.3 Å². The molecule has 3 rings (SSSR count). The lowest BCUT2D eigenvalue weighted by Gasteiger charge is -2.06. The molecule has 7 nitrogen and oxygen atoms in total. The number of H-pyrrole nitrogens is 1. The Balaban J connectivity index is 1.75. The van der Waals surface area contributed by atoms with Crippen molar-refractivity contribution in [3.05, 3.63) is 30.1 Å². The van der Waals surface area contributed by atoms with Crippen LogP contribution in [0.2, 0.25) is 5.28 Å². The number of hydrogen-bond acceptors (Lipinski definition) is 5. The first-order valence-electron chi connectivity index (χ1n) is 5.41. The van der Waals surface area contributed by atoms with E-state index in [4.69, 9.17) is 11.6 Å². The van der Waals surface area contributed by atoms with Crippen molar-refractivity contribution >= 4 is 28.6 Å². The van der Waals surface area contributed by atoms with Gasteiger partial charge in [0.05, 0.1) is 12.9 Å². The summed E-state index contributed by atoms with van der Waals surface area (Å²) >= 11 is 5.83. The molecule has 0 aromatic carbocycles. The van der Waals surface area contributed by atoms with Gasteiger partial charge in [-0.2, -0.15) is 15.1 Å². The van der Waals surface area contributed by atoms with Gasteiger partial charge in [0.15, 0.2) is 11.5 Å². The first-order chi connectivity index (χ1) is 8.83. The highest BCUT2D eigenvalue weighted by Crippen LogP contribution is 2.18. The van der Waals surface area contributed by atoms with Crippen LogP contribution in [0.25, 0.3) is 11.2 Å². The van der Waals surface area contributed by atoms with Crippen molar-refractivity contribution in [3.63, 3.8) is 0 Å². The van der Waals surface area contributed by atoms with Gasteiger partial charge in [-0.3, -0.25) is 4.68 Å². The van der Waals surface area contributed by atoms with Crippen molar-refractivity contribution in [2.24, 2.45) is 0 Å². The van der Waals surface area contributed by atoms with Crippen molar-refractivity contribution in [1.29, 1.82) is 0 Å². The molecule has 0 atom stereocenters. The SMILES string of the molecule is Clc1nc(NCCn2cccn2)c2[nH]cnc2n1. The highest BCUT2D eigenvalue weighted by Gasteiger charge is 2.07. The largest absolute Gasteiger partial charge is 0.366 e. The molecule has 3 aromatic heterocycles. The average molecular weight is 264 g/mol. The number of fused-ring (bicyclic) bond motifs is 1. The van der Waals surface area contributed by atoms with Gasteiger partial charge in [0.25, 0.3) is 0 Å². The highest BCUT2D eigenvalue weighted by molar-refractivity contribution is 6.28. The van der Waals surface area contributed by atoms with Crippen molar-refractivity contribution in [3.8, 4) is 0 Å². The van der Waals surface area contributed by atoms with Crippen LogP contribution in [-0.2, 0) is 6.54 Å². The molecule has 0 spiro atoms. The number of rotatable bonds is 4. The van der Waals surface area contributed by atoms with Gasteiger partial charge in [0.2, 0.25) is 5.28 Å². The zero-order valence-corrected chi connectivity index (χ0v) is 10.1. The topological polar surface area (TPSA) is 84.3 Å². The lowest BCUT2D eigenvalue weighted by molar-refractivity contribution is 0.637. The van der Waals surface area contributed by atoms with E-state index in [1.807, 2.05) is 16.9 Å². The Morgan fingerprint density at radius 3 is 3.17 bits per heavy atom. The molecule has 0 bridgehead atoms. The maximum Gasteiger partial charge on any atom is 0.226 e. The lowest BCUT2D eigenvalue weighted by atomic mass is 10.5. The van der Waals surface area contributed by atoms with E-state index in [1.54, 1.807) is 12.5 Å². The molecule has 0 unspecified atom stereocenters. The predicted octanol–water partition coefficient (Wildman–Crippen LogP) is 1.31. The van der Waals surface area contributed by atoms with Crippen LogP contribution in [0, 0.1) is 0 Å². The van der Waals surface area contributed by atoms with Gasteiger partial charge >= 0.3 is 0 Å². The van der Waals surface area contributed by atoms with Gasteiger partial charge in [-0.25, -0.2) is 4.98 Å². The van der Waals surface area contributed by atoms with E-state index in [0.717, 1.165) is 12.1 Å². The van der Waals surface area contributed by atoms with E-state index in [9.17, 15) is 0 Å². The second-order valence-corrected chi connectivity index (χ2v) is 3.98. The van der Waals surface area contributed by atoms with Gasteiger partial charge in [-0.15, -0.1) is 0 Å². The van der Waals surface area contributed by atoms with Crippen LogP contribution < -0.4 is 5.32 Å². The van der Waals surface area contributed by atoms with Gasteiger partial charge in [-0.05, 0) is 17.7 Å². The summed E-state index contributed by atoms with van der Waals surface area (Å²) in [6, 6.07) is 1.88. The first-order valence-corrected chi connectivity index (χ1v) is 5.78. The van der Waals surface area contributed by atoms with Crippen molar-refractivity contribution in [1.82, 2.24) is 29.7 Å². The number of halogens is 1. The maximum absolute atomic E-state index is 5.83. The monoisotopic (exact) mass is 263 g/mol. The van der Waals surface area contributed by atoms with Crippen LogP contribution in [0.4, 0.5) is 5.82 Å². The summed E-state index contributed by atoms with van der Waals surface area (Å²) in [7, 11) is 0. The van der Waals surface area contributed by atoms with Gasteiger partial charge in [-0.1, -0.05) is 0 Å². The summed E-state index contributed by atoms with van der Waals surface area (Å²) in [4.78, 5) is 15.2. The molecule has 0 saturated heterocycles. The summed E-state index contributed by atoms with van der Waals surface area (Å²) in [6.07, 6.45) is 5.21. The molecule has 0 radical (unpaired) electrons. The summed E-state index contributed by atoms with van der Waals surface area (Å²) in [5.74, 6) is 0.648. The number of imidazole rings is 1. The van der Waals surface area contributed by atoms with Gasteiger partial charge < -0.3 is 10.3 Å². The van der Waals surface area contributed by atoms with E-state index >= 15 is 0 Å². The maximum atomic E-state index is 5.83. The fourth-order valence-corrected chi connectivity index (χ4v) is 1.82. The quantitative estimate of drug-likeness (QED) is 0.694. The van der Waals surface area contributed by atoms with Crippen LogP contribution in [0.5, 0.6) is 0 Å². The number of hydrogen-bond donors (Lipinski definition) is 2. The Labute approximate surface area is 107 Å². The number of nitrogens with one attached hydrogen (secondary N) is 2. The lowest BCUT2D eigenvalue weighted by Crippen LogP contribution is -2.12. The number of aromatic amines is 1. The van der Waals surface area contributed by atoms with Crippen LogP contribution in [0.15, 0.2) is 24.8 Å². The van der Waals surface area contributed by atoms with Crippen LogP contribution in [0.3, 0.4) is 0 Å². The molecule has 0 saturated carbocycles. The molecule has 0 aliphatic carbocycles. The number of nitrogens with zero attached hydrogens (tertiary/aromatic N) is 5. The van der Waals surface area contributed by atoms with E-state index in [-0.39, 0.29) is 5.28 Å². The molecule has 0 fully saturated rings. The second kappa shape index (κ2) is 4.61. The minimum Gasteiger partial charge on any atom is -0.366 e. The minimum atomic E-state index is 0.177. The normalized spacial score (nSPS) is 10.9. The average Bonchev–Trinajstić information content (AvgIpc) is 2.98. The van der Waals surface area contributed by atoms with E-state index in [2.05, 4.69) is 30.4 Å². The predicted molar refractivity (Wildman–Crippen MR) is 67.4 cm³/mol. The minimum absolute atomic E-state index is 0.177. The fraction of sp³-hybridized carbons (Fsp3) is 0.200. The Hall–Kier alpha value is -2.15. The van der Waals surface area contributed by atoms with Crippen molar-refractivity contribution in [2.75, 3.05) is 11.9 Å². The van der Waals surface area contributed by atoms with E-state index < -0.39 is 0 Å². The summed E-state index contributed by atoms with van der Waals surface area (Å²) in [5.41, 5.74) is 1.30. The smallest absolute Gasteiger partial charge is 0.226 e. The molecule has 0 aliphatic rings. The second-order valence-electron chi connectivity index (χ2n) is 3.64. The Morgan fingerprint density at radius 2 is 2.33 bits per heavy atom. The molecule has 0 amide bonds. The third-order valence-corrected chi connectivity index (χ3v) is 2.62. The molecule has 3 aromatic rings. The molecule has 8 heteroatoms. The van der Waals surface area contributed by atoms with Crippen molar-refractivity contribution < 1.29 is 0 Å². The van der Waals surface area contributed by atoms with E-state index in [1.165, 1.54) is 0 Å². The van der Waals surface area contributed by atoms with Gasteiger partial charge in [0, 0.05) is 18.9 Å². The van der Waals surface area contributed by atoms with E-state index in [0.29, 0.717) is 18.0 Å². The molecule has 92 valence electrons. The molecule has 3 heterocycles. The van der Waals surface area contributed by atoms with Crippen molar-refractivity contribution in [2.45, 2.75) is 6.54 Å². The molecule has 0 aliphatic heterocycles. The molecular weight excluding hydrogens is 254 g/mol. The first kappa shape index (κ1) is 11.0. The molecule has 18 heavy (non-hydrogen) atoms. The van der Waals surface area contributed by atoms with Crippen LogP contribution >= 0.6 is 11.6 Å². The molecular formula is C10H10ClN7. The standard InChI is InChI=1S/C10H10ClN7/c11-10-16-8(7-9(17-10)14-6-13-7)12-3-5-18-4-1-2-15-18/h1-2,4,6H,3,5H2,(H2,12,13,14,16,17). The summed E-state index contributed by atoms with van der Waals surface area (Å²) < 4.78 is 1.83. The zero-order chi connectivity index (χ0) is 12.4. The highest BCUT2D eigenvalue weighted by atomic mass is 35.5. The number of aromatic nitrogens is 6. The Bertz CT molecular complexity index is 645.